The molecule has 0 atom stereocenters. The second-order valence-electron chi connectivity index (χ2n) is 2.98. The lowest BCUT2D eigenvalue weighted by Crippen LogP contribution is -2.03. The Bertz CT molecular complexity index is 391. The molecular formula is C11H11NO2. The van der Waals surface area contributed by atoms with Gasteiger partial charge in [-0.15, -0.1) is 0 Å². The van der Waals surface area contributed by atoms with Gasteiger partial charge in [0.1, 0.15) is 0 Å². The Balaban J connectivity index is 3.02. The first kappa shape index (κ1) is 10.3. The lowest BCUT2D eigenvalue weighted by molar-refractivity contribution is 0.0600. The second-order valence-corrected chi connectivity index (χ2v) is 2.98. The third-order valence-corrected chi connectivity index (χ3v) is 1.98. The van der Waals surface area contributed by atoms with Crippen LogP contribution in [0, 0.1) is 18.3 Å². The zero-order valence-corrected chi connectivity index (χ0v) is 8.20. The van der Waals surface area contributed by atoms with E-state index in [1.165, 1.54) is 7.11 Å². The van der Waals surface area contributed by atoms with Gasteiger partial charge >= 0.3 is 5.97 Å². The van der Waals surface area contributed by atoms with Crippen molar-refractivity contribution in [3.05, 3.63) is 34.9 Å². The first-order valence-electron chi connectivity index (χ1n) is 4.24. The van der Waals surface area contributed by atoms with E-state index < -0.39 is 0 Å². The number of hydrogen-bond acceptors (Lipinski definition) is 3. The van der Waals surface area contributed by atoms with Gasteiger partial charge in [-0.05, 0) is 24.1 Å². The van der Waals surface area contributed by atoms with Crippen molar-refractivity contribution in [1.29, 1.82) is 5.26 Å². The number of hydrogen-bond donors (Lipinski definition) is 0. The fraction of sp³-hybridized carbons (Fsp3) is 0.273. The van der Waals surface area contributed by atoms with E-state index >= 15 is 0 Å². The topological polar surface area (TPSA) is 50.1 Å². The molecule has 0 spiro atoms. The Morgan fingerprint density at radius 1 is 1.57 bits per heavy atom. The van der Waals surface area contributed by atoms with Crippen LogP contribution in [0.1, 0.15) is 21.5 Å². The van der Waals surface area contributed by atoms with Crippen LogP contribution in [0.5, 0.6) is 0 Å². The van der Waals surface area contributed by atoms with Gasteiger partial charge in [0.05, 0.1) is 25.2 Å². The summed E-state index contributed by atoms with van der Waals surface area (Å²) in [6.07, 6.45) is 0.363. The predicted molar refractivity (Wildman–Crippen MR) is 51.8 cm³/mol. The summed E-state index contributed by atoms with van der Waals surface area (Å²) in [6.45, 7) is 1.83. The first-order valence-corrected chi connectivity index (χ1v) is 4.24. The molecule has 0 aliphatic carbocycles. The quantitative estimate of drug-likeness (QED) is 0.667. The highest BCUT2D eigenvalue weighted by Crippen LogP contribution is 2.12. The van der Waals surface area contributed by atoms with Gasteiger partial charge in [0.15, 0.2) is 0 Å². The fourth-order valence-electron chi connectivity index (χ4n) is 1.27. The number of nitrogens with zero attached hydrogens (tertiary/aromatic N) is 1. The molecule has 0 N–H and O–H groups in total. The van der Waals surface area contributed by atoms with Gasteiger partial charge in [-0.2, -0.15) is 5.26 Å². The van der Waals surface area contributed by atoms with Crippen LogP contribution in [0.4, 0.5) is 0 Å². The van der Waals surface area contributed by atoms with Crippen molar-refractivity contribution in [1.82, 2.24) is 0 Å². The van der Waals surface area contributed by atoms with E-state index in [9.17, 15) is 4.79 Å². The summed E-state index contributed by atoms with van der Waals surface area (Å²) < 4.78 is 4.61. The maximum absolute atomic E-state index is 11.2. The van der Waals surface area contributed by atoms with Crippen LogP contribution < -0.4 is 0 Å². The Labute approximate surface area is 82.9 Å². The third kappa shape index (κ3) is 2.11. The van der Waals surface area contributed by atoms with E-state index in [1.807, 2.05) is 13.0 Å². The summed E-state index contributed by atoms with van der Waals surface area (Å²) >= 11 is 0. The molecule has 1 rings (SSSR count). The van der Waals surface area contributed by atoms with E-state index in [0.717, 1.165) is 11.1 Å². The minimum atomic E-state index is -0.342. The standard InChI is InChI=1S/C11H11NO2/c1-8-7-9(5-6-12)3-4-10(8)11(13)14-2/h3-4,7H,5H2,1-2H3. The van der Waals surface area contributed by atoms with Crippen molar-refractivity contribution in [2.75, 3.05) is 7.11 Å². The Hall–Kier alpha value is -1.82. The van der Waals surface area contributed by atoms with Crippen LogP contribution in [0.3, 0.4) is 0 Å². The summed E-state index contributed by atoms with van der Waals surface area (Å²) in [5.74, 6) is -0.342. The number of esters is 1. The number of carbonyl (C=O) groups is 1. The average molecular weight is 189 g/mol. The number of nitriles is 1. The van der Waals surface area contributed by atoms with E-state index in [4.69, 9.17) is 5.26 Å². The Morgan fingerprint density at radius 3 is 2.79 bits per heavy atom. The van der Waals surface area contributed by atoms with Gasteiger partial charge in [-0.3, -0.25) is 0 Å². The summed E-state index contributed by atoms with van der Waals surface area (Å²) in [7, 11) is 1.35. The Kier molecular flexibility index (Phi) is 3.24. The molecule has 0 fully saturated rings. The summed E-state index contributed by atoms with van der Waals surface area (Å²) in [4.78, 5) is 11.2. The molecule has 14 heavy (non-hydrogen) atoms. The minimum Gasteiger partial charge on any atom is -0.465 e. The monoisotopic (exact) mass is 189 g/mol. The molecule has 0 aliphatic heterocycles. The zero-order chi connectivity index (χ0) is 10.6. The van der Waals surface area contributed by atoms with Crippen molar-refractivity contribution >= 4 is 5.97 Å². The summed E-state index contributed by atoms with van der Waals surface area (Å²) in [5.41, 5.74) is 2.30. The van der Waals surface area contributed by atoms with Crippen LogP contribution in [0.25, 0.3) is 0 Å². The predicted octanol–water partition coefficient (Wildman–Crippen LogP) is 1.85. The van der Waals surface area contributed by atoms with E-state index in [-0.39, 0.29) is 5.97 Å². The van der Waals surface area contributed by atoms with E-state index in [0.29, 0.717) is 12.0 Å². The number of methoxy groups -OCH3 is 1. The van der Waals surface area contributed by atoms with Crippen LogP contribution >= 0.6 is 0 Å². The van der Waals surface area contributed by atoms with E-state index in [2.05, 4.69) is 10.8 Å². The number of rotatable bonds is 2. The van der Waals surface area contributed by atoms with E-state index in [1.54, 1.807) is 12.1 Å². The largest absolute Gasteiger partial charge is 0.465 e. The third-order valence-electron chi connectivity index (χ3n) is 1.98. The molecule has 0 radical (unpaired) electrons. The van der Waals surface area contributed by atoms with Gasteiger partial charge in [-0.25, -0.2) is 4.79 Å². The molecule has 72 valence electrons. The van der Waals surface area contributed by atoms with Crippen molar-refractivity contribution < 1.29 is 9.53 Å². The SMILES string of the molecule is COC(=O)c1ccc(CC#N)cc1C. The highest BCUT2D eigenvalue weighted by atomic mass is 16.5. The lowest BCUT2D eigenvalue weighted by atomic mass is 10.0. The van der Waals surface area contributed by atoms with Crippen LogP contribution in [-0.2, 0) is 11.2 Å². The lowest BCUT2D eigenvalue weighted by Gasteiger charge is -2.04. The first-order chi connectivity index (χ1) is 6.69. The van der Waals surface area contributed by atoms with Crippen molar-refractivity contribution in [3.63, 3.8) is 0 Å². The zero-order valence-electron chi connectivity index (χ0n) is 8.20. The molecule has 3 heteroatoms. The van der Waals surface area contributed by atoms with Gasteiger partial charge in [0.2, 0.25) is 0 Å². The van der Waals surface area contributed by atoms with Crippen molar-refractivity contribution in [2.45, 2.75) is 13.3 Å². The van der Waals surface area contributed by atoms with Crippen molar-refractivity contribution in [3.8, 4) is 6.07 Å². The number of ether oxygens (including phenoxy) is 1. The van der Waals surface area contributed by atoms with Gasteiger partial charge < -0.3 is 4.74 Å². The number of benzene rings is 1. The molecule has 0 unspecified atom stereocenters. The molecule has 1 aromatic carbocycles. The van der Waals surface area contributed by atoms with Crippen molar-refractivity contribution in [2.24, 2.45) is 0 Å². The summed E-state index contributed by atoms with van der Waals surface area (Å²) in [6, 6.07) is 7.34. The van der Waals surface area contributed by atoms with Gasteiger partial charge in [0.25, 0.3) is 0 Å². The minimum absolute atomic E-state index is 0.342. The highest BCUT2D eigenvalue weighted by Gasteiger charge is 2.08. The number of aryl methyl sites for hydroxylation is 1. The molecule has 3 nitrogen and oxygen atoms in total. The highest BCUT2D eigenvalue weighted by molar-refractivity contribution is 5.90. The van der Waals surface area contributed by atoms with Gasteiger partial charge in [-0.1, -0.05) is 12.1 Å². The maximum Gasteiger partial charge on any atom is 0.338 e. The molecule has 0 amide bonds. The van der Waals surface area contributed by atoms with Crippen LogP contribution in [0.2, 0.25) is 0 Å². The van der Waals surface area contributed by atoms with Crippen LogP contribution in [0.15, 0.2) is 18.2 Å². The molecule has 0 aliphatic rings. The molecule has 0 saturated carbocycles. The molecule has 1 aromatic rings. The molecular weight excluding hydrogens is 178 g/mol. The molecule has 0 heterocycles. The number of carbonyl (C=O) groups excluding carboxylic acids is 1. The average Bonchev–Trinajstić information content (AvgIpc) is 2.17. The Morgan fingerprint density at radius 2 is 2.29 bits per heavy atom. The maximum atomic E-state index is 11.2. The molecule has 0 aromatic heterocycles. The molecule has 0 bridgehead atoms. The normalized spacial score (nSPS) is 9.21. The van der Waals surface area contributed by atoms with Gasteiger partial charge in [0, 0.05) is 0 Å². The summed E-state index contributed by atoms with van der Waals surface area (Å²) in [5, 5.41) is 8.49. The molecule has 0 saturated heterocycles. The smallest absolute Gasteiger partial charge is 0.338 e. The van der Waals surface area contributed by atoms with Crippen LogP contribution in [-0.4, -0.2) is 13.1 Å². The fourth-order valence-corrected chi connectivity index (χ4v) is 1.27. The second kappa shape index (κ2) is 4.43.